The Morgan fingerprint density at radius 3 is 1.50 bits per heavy atom. The maximum atomic E-state index is 15.3. The summed E-state index contributed by atoms with van der Waals surface area (Å²) in [6.07, 6.45) is 0. The predicted octanol–water partition coefficient (Wildman–Crippen LogP) is 10.2. The minimum atomic E-state index is -3.13. The van der Waals surface area contributed by atoms with E-state index in [9.17, 15) is 0 Å². The molecule has 0 spiro atoms. The number of aromatic nitrogens is 1. The molecule has 0 radical (unpaired) electrons. The molecule has 1 aromatic heterocycles. The van der Waals surface area contributed by atoms with Gasteiger partial charge in [-0.3, -0.25) is 0 Å². The van der Waals surface area contributed by atoms with Crippen molar-refractivity contribution in [2.75, 3.05) is 0 Å². The van der Waals surface area contributed by atoms with E-state index in [0.717, 1.165) is 48.3 Å². The van der Waals surface area contributed by atoms with E-state index in [1.165, 1.54) is 16.0 Å². The zero-order chi connectivity index (χ0) is 30.9. The van der Waals surface area contributed by atoms with Gasteiger partial charge in [-0.2, -0.15) is 0 Å². The Bertz CT molecular complexity index is 2290. The smallest absolute Gasteiger partial charge is 0.171 e. The van der Waals surface area contributed by atoms with Crippen LogP contribution in [0.4, 0.5) is 0 Å². The van der Waals surface area contributed by atoms with Crippen molar-refractivity contribution in [2.24, 2.45) is 0 Å². The lowest BCUT2D eigenvalue weighted by atomic mass is 10.1. The molecule has 0 N–H and O–H groups in total. The highest BCUT2D eigenvalue weighted by Gasteiger charge is 2.30. The summed E-state index contributed by atoms with van der Waals surface area (Å²) in [6.45, 7) is 0. The van der Waals surface area contributed by atoms with E-state index in [1.54, 1.807) is 11.8 Å². The van der Waals surface area contributed by atoms with Crippen LogP contribution in [-0.2, 0) is 4.57 Å². The standard InChI is InChI=1S/C42H30NOPS/c44-45(34-17-9-3-10-18-34,35-19-11-4-12-20-35)36-23-27-41-39(29-36)40-30-38(26-28-42(40)43(41)33-15-7-2-8-16-33)46-37-24-21-32(22-25-37)31-13-5-1-6-14-31/h1-30H. The van der Waals surface area contributed by atoms with Gasteiger partial charge in [0, 0.05) is 42.2 Å². The maximum Gasteiger partial charge on any atom is 0.171 e. The molecular weight excluding hydrogens is 598 g/mol. The summed E-state index contributed by atoms with van der Waals surface area (Å²) in [6, 6.07) is 62.6. The van der Waals surface area contributed by atoms with Gasteiger partial charge < -0.3 is 9.13 Å². The minimum Gasteiger partial charge on any atom is -0.309 e. The van der Waals surface area contributed by atoms with Crippen LogP contribution in [0.3, 0.4) is 0 Å². The molecule has 0 saturated carbocycles. The van der Waals surface area contributed by atoms with Crippen LogP contribution in [0, 0.1) is 0 Å². The van der Waals surface area contributed by atoms with Crippen LogP contribution in [0.1, 0.15) is 0 Å². The van der Waals surface area contributed by atoms with E-state index in [1.807, 2.05) is 72.8 Å². The van der Waals surface area contributed by atoms with Crippen LogP contribution < -0.4 is 15.9 Å². The number of benzene rings is 7. The van der Waals surface area contributed by atoms with Gasteiger partial charge in [-0.25, -0.2) is 0 Å². The molecule has 0 saturated heterocycles. The molecule has 0 aliphatic rings. The Hall–Kier alpha value is -5.08. The highest BCUT2D eigenvalue weighted by Crippen LogP contribution is 2.44. The molecule has 0 bridgehead atoms. The fraction of sp³-hybridized carbons (Fsp3) is 0. The van der Waals surface area contributed by atoms with Gasteiger partial charge in [0.05, 0.1) is 11.0 Å². The van der Waals surface area contributed by atoms with Crippen molar-refractivity contribution < 1.29 is 4.57 Å². The summed E-state index contributed by atoms with van der Waals surface area (Å²) in [4.78, 5) is 2.34. The number of fused-ring (bicyclic) bond motifs is 3. The molecular formula is C42H30NOPS. The first kappa shape index (κ1) is 28.4. The zero-order valence-electron chi connectivity index (χ0n) is 25.0. The van der Waals surface area contributed by atoms with Gasteiger partial charge in [0.25, 0.3) is 0 Å². The minimum absolute atomic E-state index is 0.832. The van der Waals surface area contributed by atoms with Crippen LogP contribution >= 0.6 is 18.9 Å². The summed E-state index contributed by atoms with van der Waals surface area (Å²) in [5.41, 5.74) is 5.73. The fourth-order valence-electron chi connectivity index (χ4n) is 6.31. The Kier molecular flexibility index (Phi) is 7.42. The largest absolute Gasteiger partial charge is 0.309 e. The number of rotatable bonds is 7. The van der Waals surface area contributed by atoms with Gasteiger partial charge in [-0.15, -0.1) is 0 Å². The van der Waals surface area contributed by atoms with Gasteiger partial charge in [0.15, 0.2) is 7.14 Å². The Morgan fingerprint density at radius 1 is 0.413 bits per heavy atom. The number of hydrogen-bond acceptors (Lipinski definition) is 2. The van der Waals surface area contributed by atoms with E-state index in [2.05, 4.69) is 114 Å². The molecule has 0 aliphatic heterocycles. The van der Waals surface area contributed by atoms with Gasteiger partial charge in [0.2, 0.25) is 0 Å². The van der Waals surface area contributed by atoms with Crippen molar-refractivity contribution in [1.29, 1.82) is 0 Å². The van der Waals surface area contributed by atoms with Crippen molar-refractivity contribution in [2.45, 2.75) is 9.79 Å². The normalized spacial score (nSPS) is 11.7. The summed E-state index contributed by atoms with van der Waals surface area (Å²) < 4.78 is 17.6. The molecule has 4 heteroatoms. The fourth-order valence-corrected chi connectivity index (χ4v) is 9.84. The van der Waals surface area contributed by atoms with Crippen molar-refractivity contribution in [3.05, 3.63) is 182 Å². The topological polar surface area (TPSA) is 22.0 Å². The molecule has 0 unspecified atom stereocenters. The predicted molar refractivity (Wildman–Crippen MR) is 196 cm³/mol. The Labute approximate surface area is 273 Å². The van der Waals surface area contributed by atoms with E-state index in [0.29, 0.717) is 0 Å². The van der Waals surface area contributed by atoms with Gasteiger partial charge >= 0.3 is 0 Å². The lowest BCUT2D eigenvalue weighted by Gasteiger charge is -2.20. The number of para-hydroxylation sites is 1. The molecule has 2 nitrogen and oxygen atoms in total. The first-order valence-corrected chi connectivity index (χ1v) is 17.9. The summed E-state index contributed by atoms with van der Waals surface area (Å²) >= 11 is 1.76. The molecule has 0 amide bonds. The third kappa shape index (κ3) is 5.08. The second-order valence-corrected chi connectivity index (χ2v) is 15.2. The molecule has 0 aliphatic carbocycles. The van der Waals surface area contributed by atoms with Crippen molar-refractivity contribution in [3.63, 3.8) is 0 Å². The maximum absolute atomic E-state index is 15.3. The van der Waals surface area contributed by atoms with Crippen LogP contribution in [0.25, 0.3) is 38.6 Å². The molecule has 8 rings (SSSR count). The molecule has 46 heavy (non-hydrogen) atoms. The summed E-state index contributed by atoms with van der Waals surface area (Å²) in [5, 5.41) is 4.73. The average Bonchev–Trinajstić information content (AvgIpc) is 3.46. The highest BCUT2D eigenvalue weighted by molar-refractivity contribution is 7.99. The Morgan fingerprint density at radius 2 is 0.891 bits per heavy atom. The highest BCUT2D eigenvalue weighted by atomic mass is 32.2. The molecule has 0 fully saturated rings. The molecule has 220 valence electrons. The Balaban J connectivity index is 1.29. The third-order valence-corrected chi connectivity index (χ3v) is 12.6. The first-order valence-electron chi connectivity index (χ1n) is 15.4. The van der Waals surface area contributed by atoms with Crippen LogP contribution in [-0.4, -0.2) is 4.57 Å². The van der Waals surface area contributed by atoms with Crippen molar-refractivity contribution in [3.8, 4) is 16.8 Å². The zero-order valence-corrected chi connectivity index (χ0v) is 26.7. The second-order valence-electron chi connectivity index (χ2n) is 11.3. The summed E-state index contributed by atoms with van der Waals surface area (Å²) in [7, 11) is -3.13. The van der Waals surface area contributed by atoms with E-state index < -0.39 is 7.14 Å². The first-order chi connectivity index (χ1) is 22.7. The van der Waals surface area contributed by atoms with Crippen LogP contribution in [0.5, 0.6) is 0 Å². The van der Waals surface area contributed by atoms with Crippen LogP contribution in [0.2, 0.25) is 0 Å². The SMILES string of the molecule is O=P(c1ccccc1)(c1ccccc1)c1ccc2c(c1)c1cc(Sc3ccc(-c4ccccc4)cc3)ccc1n2-c1ccccc1. The second kappa shape index (κ2) is 12.0. The van der Waals surface area contributed by atoms with Crippen LogP contribution in [0.15, 0.2) is 192 Å². The van der Waals surface area contributed by atoms with Gasteiger partial charge in [-0.1, -0.05) is 133 Å². The van der Waals surface area contributed by atoms with Crippen molar-refractivity contribution in [1.82, 2.24) is 4.57 Å². The monoisotopic (exact) mass is 627 g/mol. The van der Waals surface area contributed by atoms with E-state index in [-0.39, 0.29) is 0 Å². The molecule has 0 atom stereocenters. The summed E-state index contributed by atoms with van der Waals surface area (Å²) in [5.74, 6) is 0. The number of nitrogens with zero attached hydrogens (tertiary/aromatic N) is 1. The molecule has 1 heterocycles. The lowest BCUT2D eigenvalue weighted by Crippen LogP contribution is -2.24. The molecule has 7 aromatic carbocycles. The molecule has 8 aromatic rings. The lowest BCUT2D eigenvalue weighted by molar-refractivity contribution is 0.592. The van der Waals surface area contributed by atoms with E-state index in [4.69, 9.17) is 0 Å². The van der Waals surface area contributed by atoms with E-state index >= 15 is 4.57 Å². The van der Waals surface area contributed by atoms with Crippen molar-refractivity contribution >= 4 is 56.6 Å². The average molecular weight is 628 g/mol. The third-order valence-electron chi connectivity index (χ3n) is 8.53. The van der Waals surface area contributed by atoms with Gasteiger partial charge in [0.1, 0.15) is 0 Å². The number of hydrogen-bond donors (Lipinski definition) is 0. The quantitative estimate of drug-likeness (QED) is 0.164. The van der Waals surface area contributed by atoms with Gasteiger partial charge in [-0.05, 0) is 71.8 Å².